The van der Waals surface area contributed by atoms with Crippen LogP contribution in [0.3, 0.4) is 0 Å². The Labute approximate surface area is 316 Å². The number of methoxy groups -OCH3 is 2. The molecule has 0 unspecified atom stereocenters. The van der Waals surface area contributed by atoms with E-state index in [1.807, 2.05) is 47.9 Å². The van der Waals surface area contributed by atoms with Gasteiger partial charge in [0.15, 0.2) is 5.60 Å². The largest absolute Gasteiger partial charge is 0.497 e. The topological polar surface area (TPSA) is 101 Å². The summed E-state index contributed by atoms with van der Waals surface area (Å²) in [6, 6.07) is 11.7. The van der Waals surface area contributed by atoms with E-state index in [0.717, 1.165) is 48.6 Å². The number of carboxylic acids is 1. The molecule has 13 heteroatoms. The van der Waals surface area contributed by atoms with Crippen LogP contribution in [-0.2, 0) is 30.0 Å². The minimum Gasteiger partial charge on any atom is -0.497 e. The third-order valence-corrected chi connectivity index (χ3v) is 12.3. The van der Waals surface area contributed by atoms with Gasteiger partial charge in [-0.3, -0.25) is 14.5 Å². The fourth-order valence-corrected chi connectivity index (χ4v) is 9.53. The van der Waals surface area contributed by atoms with Gasteiger partial charge in [-0.25, -0.2) is 0 Å². The molecule has 3 heterocycles. The van der Waals surface area contributed by atoms with Crippen LogP contribution in [0.4, 0.5) is 18.9 Å². The predicted octanol–water partition coefficient (Wildman–Crippen LogP) is 6.57. The predicted molar refractivity (Wildman–Crippen MR) is 198 cm³/mol. The van der Waals surface area contributed by atoms with Crippen LogP contribution in [0, 0.1) is 5.92 Å². The molecular formula is C41H56F3N3O7. The number of aliphatic carboxylic acids is 1. The number of alkyl halides is 3. The number of hydrogen-bond donors (Lipinski definition) is 1. The zero-order valence-corrected chi connectivity index (χ0v) is 32.0. The Kier molecular flexibility index (Phi) is 12.8. The highest BCUT2D eigenvalue weighted by Gasteiger charge is 2.58. The third-order valence-electron chi connectivity index (χ3n) is 12.3. The summed E-state index contributed by atoms with van der Waals surface area (Å²) in [7, 11) is 3.22. The fourth-order valence-electron chi connectivity index (χ4n) is 9.53. The average Bonchev–Trinajstić information content (AvgIpc) is 3.77. The van der Waals surface area contributed by atoms with E-state index in [1.54, 1.807) is 20.3 Å². The highest BCUT2D eigenvalue weighted by Crippen LogP contribution is 2.47. The number of anilines is 1. The molecule has 0 spiro atoms. The van der Waals surface area contributed by atoms with Gasteiger partial charge in [0.1, 0.15) is 5.75 Å². The SMILES string of the molecule is CCOC1CCC(N2C[C@@H](c3ccc(OC)cc3)[C@](OCC)(C(=O)N3C[C@H](c4ccc(C(F)(F)F)cc4N4CCC(C(=O)O)CC4)C[C@H]3COC)C2)CC1. The van der Waals surface area contributed by atoms with Crippen molar-refractivity contribution >= 4 is 17.6 Å². The summed E-state index contributed by atoms with van der Waals surface area (Å²) >= 11 is 0. The number of piperidine rings is 1. The lowest BCUT2D eigenvalue weighted by Crippen LogP contribution is -2.57. The highest BCUT2D eigenvalue weighted by molar-refractivity contribution is 5.88. The van der Waals surface area contributed by atoms with Crippen molar-refractivity contribution in [1.29, 1.82) is 0 Å². The van der Waals surface area contributed by atoms with E-state index in [4.69, 9.17) is 18.9 Å². The molecule has 2 aromatic carbocycles. The zero-order valence-electron chi connectivity index (χ0n) is 32.0. The molecule has 2 aromatic rings. The van der Waals surface area contributed by atoms with Gasteiger partial charge in [0.25, 0.3) is 5.91 Å². The van der Waals surface area contributed by atoms with E-state index in [-0.39, 0.29) is 42.5 Å². The number of ether oxygens (including phenoxy) is 4. The number of likely N-dealkylation sites (tertiary alicyclic amines) is 2. The van der Waals surface area contributed by atoms with Crippen molar-refractivity contribution in [2.24, 2.45) is 5.92 Å². The Bertz CT molecular complexity index is 1580. The molecule has 10 nitrogen and oxygen atoms in total. The van der Waals surface area contributed by atoms with Crippen LogP contribution in [0.2, 0.25) is 0 Å². The number of hydrogen-bond acceptors (Lipinski definition) is 8. The lowest BCUT2D eigenvalue weighted by atomic mass is 9.83. The van der Waals surface area contributed by atoms with Crippen LogP contribution in [-0.4, -0.2) is 117 Å². The molecule has 3 aliphatic heterocycles. The average molecular weight is 760 g/mol. The third kappa shape index (κ3) is 8.39. The molecule has 0 bridgehead atoms. The number of nitrogens with zero attached hydrogens (tertiary/aromatic N) is 3. The highest BCUT2D eigenvalue weighted by atomic mass is 19.4. The van der Waals surface area contributed by atoms with Crippen molar-refractivity contribution in [1.82, 2.24) is 9.80 Å². The van der Waals surface area contributed by atoms with E-state index >= 15 is 4.79 Å². The molecule has 4 atom stereocenters. The second kappa shape index (κ2) is 17.2. The first kappa shape index (κ1) is 40.3. The van der Waals surface area contributed by atoms with Crippen molar-refractivity contribution in [2.45, 2.75) is 101 Å². The minimum absolute atomic E-state index is 0.129. The summed E-state index contributed by atoms with van der Waals surface area (Å²) < 4.78 is 66.0. The van der Waals surface area contributed by atoms with Crippen molar-refractivity contribution in [2.75, 3.05) is 71.7 Å². The Morgan fingerprint density at radius 1 is 0.926 bits per heavy atom. The van der Waals surface area contributed by atoms with E-state index in [9.17, 15) is 23.1 Å². The summed E-state index contributed by atoms with van der Waals surface area (Å²) in [6.07, 6.45) is 0.767. The molecule has 298 valence electrons. The molecule has 1 amide bonds. The molecule has 54 heavy (non-hydrogen) atoms. The van der Waals surface area contributed by atoms with Crippen LogP contribution < -0.4 is 9.64 Å². The molecule has 0 radical (unpaired) electrons. The van der Waals surface area contributed by atoms with Crippen molar-refractivity contribution in [3.05, 3.63) is 59.2 Å². The first-order chi connectivity index (χ1) is 25.9. The number of halogens is 3. The molecule has 6 rings (SSSR count). The van der Waals surface area contributed by atoms with Gasteiger partial charge in [0, 0.05) is 76.6 Å². The monoisotopic (exact) mass is 759 g/mol. The molecule has 1 N–H and O–H groups in total. The molecule has 1 saturated carbocycles. The summed E-state index contributed by atoms with van der Waals surface area (Å²) in [4.78, 5) is 33.3. The van der Waals surface area contributed by atoms with Crippen LogP contribution >= 0.6 is 0 Å². The van der Waals surface area contributed by atoms with Gasteiger partial charge in [-0.2, -0.15) is 13.2 Å². The van der Waals surface area contributed by atoms with E-state index in [2.05, 4.69) is 4.90 Å². The van der Waals surface area contributed by atoms with Gasteiger partial charge in [-0.05, 0) is 94.2 Å². The van der Waals surface area contributed by atoms with E-state index < -0.39 is 29.2 Å². The number of benzene rings is 2. The summed E-state index contributed by atoms with van der Waals surface area (Å²) in [6.45, 7) is 7.25. The number of rotatable bonds is 13. The van der Waals surface area contributed by atoms with Crippen molar-refractivity contribution in [3.63, 3.8) is 0 Å². The first-order valence-electron chi connectivity index (χ1n) is 19.5. The molecular weight excluding hydrogens is 703 g/mol. The molecule has 0 aromatic heterocycles. The van der Waals surface area contributed by atoms with Crippen molar-refractivity contribution in [3.8, 4) is 5.75 Å². The number of carboxylic acid groups (broad SMARTS) is 1. The van der Waals surface area contributed by atoms with E-state index in [1.165, 1.54) is 6.07 Å². The standard InChI is InChI=1S/C41H56F3N3O7/c1-5-53-34-14-10-31(11-15-34)46-24-36(27-7-12-33(52-4)13-8-27)40(26-46,54-6-2)39(50)47-23-29(21-32(47)25-51-3)35-16-9-30(41(42,43)44)22-37(35)45-19-17-28(18-20-45)38(48)49/h7-9,12-13,16,22,28-29,31-32,34,36H,5-6,10-11,14-15,17-21,23-26H2,1-4H3,(H,48,49)/t29-,31?,32+,34?,36+,40+/m1/s1. The van der Waals surface area contributed by atoms with Crippen LogP contribution in [0.5, 0.6) is 5.75 Å². The van der Waals surface area contributed by atoms with Crippen molar-refractivity contribution < 1.29 is 46.8 Å². The lowest BCUT2D eigenvalue weighted by Gasteiger charge is -2.39. The quantitative estimate of drug-likeness (QED) is 0.243. The molecule has 4 fully saturated rings. The van der Waals surface area contributed by atoms with Crippen LogP contribution in [0.25, 0.3) is 0 Å². The van der Waals surface area contributed by atoms with E-state index in [0.29, 0.717) is 70.9 Å². The lowest BCUT2D eigenvalue weighted by molar-refractivity contribution is -0.160. The normalized spacial score (nSPS) is 28.5. The fraction of sp³-hybridized carbons (Fsp3) is 0.659. The minimum atomic E-state index is -4.54. The molecule has 3 saturated heterocycles. The Morgan fingerprint density at radius 3 is 2.22 bits per heavy atom. The maximum atomic E-state index is 15.4. The van der Waals surface area contributed by atoms with Crippen LogP contribution in [0.15, 0.2) is 42.5 Å². The van der Waals surface area contributed by atoms with Gasteiger partial charge >= 0.3 is 12.1 Å². The Balaban J connectivity index is 1.34. The van der Waals surface area contributed by atoms with Gasteiger partial charge in [-0.15, -0.1) is 0 Å². The van der Waals surface area contributed by atoms with Gasteiger partial charge in [0.2, 0.25) is 0 Å². The molecule has 1 aliphatic carbocycles. The van der Waals surface area contributed by atoms with Gasteiger partial charge in [-0.1, -0.05) is 18.2 Å². The maximum Gasteiger partial charge on any atom is 0.416 e. The first-order valence-corrected chi connectivity index (χ1v) is 19.5. The summed E-state index contributed by atoms with van der Waals surface area (Å²) in [5, 5.41) is 9.58. The second-order valence-corrected chi connectivity index (χ2v) is 15.3. The maximum absolute atomic E-state index is 15.4. The van der Waals surface area contributed by atoms with Gasteiger partial charge < -0.3 is 33.9 Å². The molecule has 4 aliphatic rings. The van der Waals surface area contributed by atoms with Gasteiger partial charge in [0.05, 0.1) is 37.3 Å². The summed E-state index contributed by atoms with van der Waals surface area (Å²) in [5.41, 5.74) is 0.207. The number of carbonyl (C=O) groups excluding carboxylic acids is 1. The zero-order chi connectivity index (χ0) is 38.6. The van der Waals surface area contributed by atoms with Crippen LogP contribution in [0.1, 0.15) is 87.3 Å². The number of amides is 1. The summed E-state index contributed by atoms with van der Waals surface area (Å²) in [5.74, 6) is -1.37. The number of carbonyl (C=O) groups is 2. The Hall–Kier alpha value is -3.39. The Morgan fingerprint density at radius 2 is 1.63 bits per heavy atom. The smallest absolute Gasteiger partial charge is 0.416 e. The second-order valence-electron chi connectivity index (χ2n) is 15.3.